The van der Waals surface area contributed by atoms with E-state index < -0.39 is 0 Å². The Morgan fingerprint density at radius 1 is 1.22 bits per heavy atom. The highest BCUT2D eigenvalue weighted by Gasteiger charge is 2.08. The summed E-state index contributed by atoms with van der Waals surface area (Å²) < 4.78 is 0. The number of pyridine rings is 1. The third kappa shape index (κ3) is 2.66. The average molecular weight is 241 g/mol. The van der Waals surface area contributed by atoms with Crippen molar-refractivity contribution in [2.75, 3.05) is 11.1 Å². The number of nitrogens with two attached hydrogens (primary N) is 1. The maximum atomic E-state index is 12.1. The first-order chi connectivity index (χ1) is 8.56. The summed E-state index contributed by atoms with van der Waals surface area (Å²) in [4.78, 5) is 16.1. The molecule has 0 aliphatic heterocycles. The van der Waals surface area contributed by atoms with Gasteiger partial charge in [0.2, 0.25) is 0 Å². The Labute approximate surface area is 106 Å². The lowest BCUT2D eigenvalue weighted by Crippen LogP contribution is -2.13. The first-order valence-corrected chi connectivity index (χ1v) is 5.66. The molecule has 0 atom stereocenters. The first-order valence-electron chi connectivity index (χ1n) is 5.66. The van der Waals surface area contributed by atoms with Crippen molar-refractivity contribution in [2.45, 2.75) is 13.8 Å². The predicted molar refractivity (Wildman–Crippen MR) is 72.5 cm³/mol. The summed E-state index contributed by atoms with van der Waals surface area (Å²) in [5.41, 5.74) is 9.44. The number of amides is 1. The van der Waals surface area contributed by atoms with E-state index in [1.807, 2.05) is 26.0 Å². The SMILES string of the molecule is Cc1cc(C(=O)Nc2cc(N)ccc2C)ccn1. The largest absolute Gasteiger partial charge is 0.399 e. The van der Waals surface area contributed by atoms with Crippen LogP contribution < -0.4 is 11.1 Å². The van der Waals surface area contributed by atoms with Gasteiger partial charge in [0.05, 0.1) is 0 Å². The van der Waals surface area contributed by atoms with E-state index in [2.05, 4.69) is 10.3 Å². The molecule has 0 radical (unpaired) electrons. The van der Waals surface area contributed by atoms with Gasteiger partial charge in [0.15, 0.2) is 0 Å². The molecule has 0 aliphatic rings. The standard InChI is InChI=1S/C14H15N3O/c1-9-3-4-12(15)8-13(9)17-14(18)11-5-6-16-10(2)7-11/h3-8H,15H2,1-2H3,(H,17,18). The van der Waals surface area contributed by atoms with Crippen molar-refractivity contribution < 1.29 is 4.79 Å². The van der Waals surface area contributed by atoms with Crippen molar-refractivity contribution in [1.82, 2.24) is 4.98 Å². The molecule has 1 aromatic carbocycles. The van der Waals surface area contributed by atoms with Gasteiger partial charge in [-0.25, -0.2) is 0 Å². The van der Waals surface area contributed by atoms with Gasteiger partial charge in [-0.15, -0.1) is 0 Å². The molecule has 2 rings (SSSR count). The second-order valence-electron chi connectivity index (χ2n) is 4.21. The van der Waals surface area contributed by atoms with E-state index in [1.54, 1.807) is 24.4 Å². The number of nitrogen functional groups attached to an aromatic ring is 1. The smallest absolute Gasteiger partial charge is 0.255 e. The lowest BCUT2D eigenvalue weighted by atomic mass is 10.1. The molecule has 92 valence electrons. The van der Waals surface area contributed by atoms with Crippen molar-refractivity contribution in [3.05, 3.63) is 53.3 Å². The van der Waals surface area contributed by atoms with Gasteiger partial charge in [-0.3, -0.25) is 9.78 Å². The van der Waals surface area contributed by atoms with Crippen LogP contribution >= 0.6 is 0 Å². The van der Waals surface area contributed by atoms with Gasteiger partial charge in [-0.1, -0.05) is 6.07 Å². The number of rotatable bonds is 2. The molecule has 0 aliphatic carbocycles. The fourth-order valence-electron chi connectivity index (χ4n) is 1.66. The summed E-state index contributed by atoms with van der Waals surface area (Å²) in [5, 5.41) is 2.85. The summed E-state index contributed by atoms with van der Waals surface area (Å²) >= 11 is 0. The van der Waals surface area contributed by atoms with E-state index in [0.717, 1.165) is 16.9 Å². The van der Waals surface area contributed by atoms with Gasteiger partial charge in [-0.2, -0.15) is 0 Å². The van der Waals surface area contributed by atoms with E-state index in [9.17, 15) is 4.79 Å². The number of carbonyl (C=O) groups excluding carboxylic acids is 1. The molecule has 18 heavy (non-hydrogen) atoms. The average Bonchev–Trinajstić information content (AvgIpc) is 2.34. The Bertz CT molecular complexity index is 593. The van der Waals surface area contributed by atoms with E-state index in [4.69, 9.17) is 5.73 Å². The summed E-state index contributed by atoms with van der Waals surface area (Å²) in [6.45, 7) is 3.77. The Kier molecular flexibility index (Phi) is 3.28. The summed E-state index contributed by atoms with van der Waals surface area (Å²) in [7, 11) is 0. The maximum Gasteiger partial charge on any atom is 0.255 e. The van der Waals surface area contributed by atoms with Gasteiger partial charge >= 0.3 is 0 Å². The van der Waals surface area contributed by atoms with Gasteiger partial charge < -0.3 is 11.1 Å². The normalized spacial score (nSPS) is 10.1. The number of nitrogens with one attached hydrogen (secondary N) is 1. The van der Waals surface area contributed by atoms with Crippen molar-refractivity contribution in [2.24, 2.45) is 0 Å². The Balaban J connectivity index is 2.24. The molecule has 3 N–H and O–H groups in total. The first kappa shape index (κ1) is 12.1. The molecule has 0 spiro atoms. The Morgan fingerprint density at radius 3 is 2.72 bits per heavy atom. The van der Waals surface area contributed by atoms with Crippen LogP contribution in [0.3, 0.4) is 0 Å². The minimum Gasteiger partial charge on any atom is -0.399 e. The van der Waals surface area contributed by atoms with Gasteiger partial charge in [-0.05, 0) is 43.7 Å². The van der Waals surface area contributed by atoms with Gasteiger partial charge in [0, 0.05) is 28.8 Å². The number of hydrogen-bond donors (Lipinski definition) is 2. The summed E-state index contributed by atoms with van der Waals surface area (Å²) in [6.07, 6.45) is 1.62. The number of aromatic nitrogens is 1. The zero-order valence-electron chi connectivity index (χ0n) is 10.4. The predicted octanol–water partition coefficient (Wildman–Crippen LogP) is 2.53. The topological polar surface area (TPSA) is 68.0 Å². The van der Waals surface area contributed by atoms with Crippen LogP contribution in [0.5, 0.6) is 0 Å². The highest BCUT2D eigenvalue weighted by Crippen LogP contribution is 2.19. The van der Waals surface area contributed by atoms with Crippen molar-refractivity contribution >= 4 is 17.3 Å². The van der Waals surface area contributed by atoms with Crippen LogP contribution in [0.15, 0.2) is 36.5 Å². The number of anilines is 2. The molecular formula is C14H15N3O. The van der Waals surface area contributed by atoms with E-state index in [1.165, 1.54) is 0 Å². The molecule has 0 saturated carbocycles. The quantitative estimate of drug-likeness (QED) is 0.794. The van der Waals surface area contributed by atoms with Gasteiger partial charge in [0.25, 0.3) is 5.91 Å². The molecule has 1 heterocycles. The van der Waals surface area contributed by atoms with Crippen LogP contribution in [0.2, 0.25) is 0 Å². The van der Waals surface area contributed by atoms with Crippen LogP contribution in [0.1, 0.15) is 21.6 Å². The number of nitrogens with zero attached hydrogens (tertiary/aromatic N) is 1. The molecule has 4 nitrogen and oxygen atoms in total. The number of carbonyl (C=O) groups is 1. The monoisotopic (exact) mass is 241 g/mol. The second kappa shape index (κ2) is 4.87. The zero-order chi connectivity index (χ0) is 13.1. The molecule has 1 aromatic heterocycles. The van der Waals surface area contributed by atoms with E-state index in [-0.39, 0.29) is 5.91 Å². The molecule has 0 bridgehead atoms. The molecule has 1 amide bonds. The minimum atomic E-state index is -0.158. The van der Waals surface area contributed by atoms with Crippen molar-refractivity contribution in [1.29, 1.82) is 0 Å². The van der Waals surface area contributed by atoms with Crippen LogP contribution in [0, 0.1) is 13.8 Å². The van der Waals surface area contributed by atoms with Crippen LogP contribution in [0.25, 0.3) is 0 Å². The molecule has 0 unspecified atom stereocenters. The highest BCUT2D eigenvalue weighted by atomic mass is 16.1. The molecule has 0 saturated heterocycles. The molecular weight excluding hydrogens is 226 g/mol. The van der Waals surface area contributed by atoms with Crippen LogP contribution in [0.4, 0.5) is 11.4 Å². The van der Waals surface area contributed by atoms with Crippen LogP contribution in [-0.4, -0.2) is 10.9 Å². The van der Waals surface area contributed by atoms with E-state index in [0.29, 0.717) is 11.3 Å². The Hall–Kier alpha value is -2.36. The second-order valence-corrected chi connectivity index (χ2v) is 4.21. The Morgan fingerprint density at radius 2 is 2.00 bits per heavy atom. The number of hydrogen-bond acceptors (Lipinski definition) is 3. The number of aryl methyl sites for hydroxylation is 2. The van der Waals surface area contributed by atoms with Crippen LogP contribution in [-0.2, 0) is 0 Å². The molecule has 4 heteroatoms. The highest BCUT2D eigenvalue weighted by molar-refractivity contribution is 6.04. The number of benzene rings is 1. The van der Waals surface area contributed by atoms with E-state index >= 15 is 0 Å². The summed E-state index contributed by atoms with van der Waals surface area (Å²) in [6, 6.07) is 8.87. The van der Waals surface area contributed by atoms with Crippen molar-refractivity contribution in [3.63, 3.8) is 0 Å². The van der Waals surface area contributed by atoms with Crippen molar-refractivity contribution in [3.8, 4) is 0 Å². The maximum absolute atomic E-state index is 12.1. The lowest BCUT2D eigenvalue weighted by Gasteiger charge is -2.09. The summed E-state index contributed by atoms with van der Waals surface area (Å²) in [5.74, 6) is -0.158. The molecule has 2 aromatic rings. The third-order valence-corrected chi connectivity index (χ3v) is 2.67. The molecule has 0 fully saturated rings. The minimum absolute atomic E-state index is 0.158. The fourth-order valence-corrected chi connectivity index (χ4v) is 1.66. The van der Waals surface area contributed by atoms with Gasteiger partial charge in [0.1, 0.15) is 0 Å². The third-order valence-electron chi connectivity index (χ3n) is 2.67. The zero-order valence-corrected chi connectivity index (χ0v) is 10.4. The lowest BCUT2D eigenvalue weighted by molar-refractivity contribution is 0.102. The fraction of sp³-hybridized carbons (Fsp3) is 0.143.